The number of halogens is 2. The molecule has 1 N–H and O–H groups in total. The molecule has 0 atom stereocenters. The maximum atomic E-state index is 13.4. The Morgan fingerprint density at radius 2 is 1.49 bits per heavy atom. The predicted molar refractivity (Wildman–Crippen MR) is 140 cm³/mol. The van der Waals surface area contributed by atoms with Gasteiger partial charge in [0.25, 0.3) is 10.0 Å². The third kappa shape index (κ3) is 6.19. The van der Waals surface area contributed by atoms with Crippen molar-refractivity contribution in [2.75, 3.05) is 16.2 Å². The van der Waals surface area contributed by atoms with Gasteiger partial charge in [-0.05, 0) is 72.1 Å². The zero-order chi connectivity index (χ0) is 24.8. The maximum Gasteiger partial charge on any atom is 0.264 e. The van der Waals surface area contributed by atoms with Gasteiger partial charge in [-0.2, -0.15) is 0 Å². The van der Waals surface area contributed by atoms with Crippen LogP contribution in [0, 0.1) is 0 Å². The number of nitrogens with one attached hydrogen (secondary N) is 1. The van der Waals surface area contributed by atoms with E-state index in [0.29, 0.717) is 5.69 Å². The molecule has 4 rings (SSSR count). The lowest BCUT2D eigenvalue weighted by Gasteiger charge is -2.24. The molecule has 0 unspecified atom stereocenters. The average Bonchev–Trinajstić information content (AvgIpc) is 2.87. The number of aromatic nitrogens is 1. The number of anilines is 2. The van der Waals surface area contributed by atoms with Crippen molar-refractivity contribution in [1.29, 1.82) is 0 Å². The molecule has 0 saturated heterocycles. The van der Waals surface area contributed by atoms with E-state index < -0.39 is 22.5 Å². The highest BCUT2D eigenvalue weighted by Crippen LogP contribution is 2.30. The van der Waals surface area contributed by atoms with E-state index in [2.05, 4.69) is 10.3 Å². The molecular formula is C26H21Cl2N3O3S. The summed E-state index contributed by atoms with van der Waals surface area (Å²) >= 11 is 12.1. The minimum absolute atomic E-state index is 0.0549. The second-order valence-corrected chi connectivity index (χ2v) is 10.4. The van der Waals surface area contributed by atoms with Gasteiger partial charge >= 0.3 is 0 Å². The molecule has 0 radical (unpaired) electrons. The Morgan fingerprint density at radius 3 is 2.14 bits per heavy atom. The fourth-order valence-corrected chi connectivity index (χ4v) is 5.17. The van der Waals surface area contributed by atoms with Crippen LogP contribution in [0.1, 0.15) is 11.1 Å². The van der Waals surface area contributed by atoms with E-state index in [4.69, 9.17) is 23.2 Å². The molecule has 3 aromatic carbocycles. The lowest BCUT2D eigenvalue weighted by atomic mass is 10.1. The molecule has 4 aromatic rings. The molecule has 0 spiro atoms. The molecule has 9 heteroatoms. The topological polar surface area (TPSA) is 79.4 Å². The SMILES string of the molecule is O=C(CN(c1ccc(Cl)c(Cl)c1)S(=O)(=O)c1ccccc1)Nc1ccc(Cc2ccncc2)cc1. The fourth-order valence-electron chi connectivity index (χ4n) is 3.45. The summed E-state index contributed by atoms with van der Waals surface area (Å²) in [5.74, 6) is -0.502. The highest BCUT2D eigenvalue weighted by molar-refractivity contribution is 7.92. The third-order valence-corrected chi connectivity index (χ3v) is 7.73. The number of sulfonamides is 1. The number of hydrogen-bond acceptors (Lipinski definition) is 4. The molecule has 0 fully saturated rings. The minimum Gasteiger partial charge on any atom is -0.325 e. The molecule has 35 heavy (non-hydrogen) atoms. The largest absolute Gasteiger partial charge is 0.325 e. The van der Waals surface area contributed by atoms with Crippen molar-refractivity contribution < 1.29 is 13.2 Å². The van der Waals surface area contributed by atoms with Crippen LogP contribution >= 0.6 is 23.2 Å². The van der Waals surface area contributed by atoms with Gasteiger partial charge < -0.3 is 5.32 Å². The van der Waals surface area contributed by atoms with Crippen LogP contribution in [0.2, 0.25) is 10.0 Å². The van der Waals surface area contributed by atoms with E-state index >= 15 is 0 Å². The summed E-state index contributed by atoms with van der Waals surface area (Å²) < 4.78 is 27.8. The Morgan fingerprint density at radius 1 is 0.829 bits per heavy atom. The number of rotatable bonds is 8. The predicted octanol–water partition coefficient (Wildman–Crippen LogP) is 5.81. The van der Waals surface area contributed by atoms with Gasteiger partial charge in [-0.15, -0.1) is 0 Å². The molecule has 0 saturated carbocycles. The number of carbonyl (C=O) groups is 1. The molecule has 178 valence electrons. The standard InChI is InChI=1S/C26H21Cl2N3O3S/c27-24-11-10-22(17-25(24)28)31(35(33,34)23-4-2-1-3-5-23)18-26(32)30-21-8-6-19(7-9-21)16-20-12-14-29-15-13-20/h1-15,17H,16,18H2,(H,30,32). The van der Waals surface area contributed by atoms with Crippen LogP contribution < -0.4 is 9.62 Å². The summed E-state index contributed by atoms with van der Waals surface area (Å²) in [5.41, 5.74) is 2.98. The number of benzene rings is 3. The minimum atomic E-state index is -4.05. The number of nitrogens with zero attached hydrogens (tertiary/aromatic N) is 2. The Balaban J connectivity index is 1.54. The van der Waals surface area contributed by atoms with E-state index in [1.165, 1.54) is 30.3 Å². The first-order valence-electron chi connectivity index (χ1n) is 10.6. The van der Waals surface area contributed by atoms with Crippen LogP contribution in [0.4, 0.5) is 11.4 Å². The number of hydrogen-bond donors (Lipinski definition) is 1. The van der Waals surface area contributed by atoms with Gasteiger partial charge in [0.15, 0.2) is 0 Å². The first-order valence-corrected chi connectivity index (χ1v) is 12.8. The van der Waals surface area contributed by atoms with Crippen molar-refractivity contribution in [3.63, 3.8) is 0 Å². The number of carbonyl (C=O) groups excluding carboxylic acids is 1. The van der Waals surface area contributed by atoms with Gasteiger partial charge in [-0.1, -0.05) is 53.5 Å². The molecule has 6 nitrogen and oxygen atoms in total. The highest BCUT2D eigenvalue weighted by atomic mass is 35.5. The van der Waals surface area contributed by atoms with E-state index in [1.807, 2.05) is 24.3 Å². The molecule has 0 aliphatic rings. The number of pyridine rings is 1. The van der Waals surface area contributed by atoms with Gasteiger partial charge in [0.1, 0.15) is 6.54 Å². The summed E-state index contributed by atoms with van der Waals surface area (Å²) in [7, 11) is -4.05. The Labute approximate surface area is 214 Å². The molecule has 0 bridgehead atoms. The summed E-state index contributed by atoms with van der Waals surface area (Å²) in [6.07, 6.45) is 4.22. The maximum absolute atomic E-state index is 13.4. The Hall–Kier alpha value is -3.39. The van der Waals surface area contributed by atoms with Crippen LogP contribution in [0.25, 0.3) is 0 Å². The fraction of sp³-hybridized carbons (Fsp3) is 0.0769. The van der Waals surface area contributed by atoms with Crippen molar-refractivity contribution in [2.45, 2.75) is 11.3 Å². The van der Waals surface area contributed by atoms with Gasteiger partial charge in [-0.25, -0.2) is 8.42 Å². The van der Waals surface area contributed by atoms with Crippen molar-refractivity contribution in [3.05, 3.63) is 118 Å². The van der Waals surface area contributed by atoms with E-state index in [9.17, 15) is 13.2 Å². The average molecular weight is 526 g/mol. The normalized spacial score (nSPS) is 11.1. The van der Waals surface area contributed by atoms with E-state index in [-0.39, 0.29) is 20.6 Å². The van der Waals surface area contributed by atoms with Crippen LogP contribution in [-0.2, 0) is 21.2 Å². The smallest absolute Gasteiger partial charge is 0.264 e. The second kappa shape index (κ2) is 10.9. The molecule has 0 aliphatic carbocycles. The van der Waals surface area contributed by atoms with Crippen LogP contribution in [0.5, 0.6) is 0 Å². The van der Waals surface area contributed by atoms with Crippen LogP contribution in [0.15, 0.2) is 102 Å². The first-order chi connectivity index (χ1) is 16.8. The van der Waals surface area contributed by atoms with Crippen LogP contribution in [-0.4, -0.2) is 25.9 Å². The summed E-state index contributed by atoms with van der Waals surface area (Å²) in [6.45, 7) is -0.450. The Bertz CT molecular complexity index is 1420. The quantitative estimate of drug-likeness (QED) is 0.314. The van der Waals surface area contributed by atoms with Gasteiger partial charge in [0.2, 0.25) is 5.91 Å². The zero-order valence-electron chi connectivity index (χ0n) is 18.4. The van der Waals surface area contributed by atoms with Crippen molar-refractivity contribution in [2.24, 2.45) is 0 Å². The molecule has 0 aliphatic heterocycles. The second-order valence-electron chi connectivity index (χ2n) is 7.70. The molecular weight excluding hydrogens is 505 g/mol. The van der Waals surface area contributed by atoms with E-state index in [1.54, 1.807) is 42.7 Å². The summed E-state index contributed by atoms with van der Waals surface area (Å²) in [5, 5.41) is 3.23. The van der Waals surface area contributed by atoms with Crippen molar-refractivity contribution in [1.82, 2.24) is 4.98 Å². The first kappa shape index (κ1) is 24.7. The van der Waals surface area contributed by atoms with Crippen molar-refractivity contribution in [3.8, 4) is 0 Å². The molecule has 1 aromatic heterocycles. The van der Waals surface area contributed by atoms with Gasteiger partial charge in [-0.3, -0.25) is 14.1 Å². The monoisotopic (exact) mass is 525 g/mol. The lowest BCUT2D eigenvalue weighted by molar-refractivity contribution is -0.114. The Kier molecular flexibility index (Phi) is 7.70. The van der Waals surface area contributed by atoms with Gasteiger partial charge in [0.05, 0.1) is 20.6 Å². The molecule has 1 heterocycles. The lowest BCUT2D eigenvalue weighted by Crippen LogP contribution is -2.38. The third-order valence-electron chi connectivity index (χ3n) is 5.20. The molecule has 1 amide bonds. The van der Waals surface area contributed by atoms with Crippen LogP contribution in [0.3, 0.4) is 0 Å². The highest BCUT2D eigenvalue weighted by Gasteiger charge is 2.27. The summed E-state index contributed by atoms with van der Waals surface area (Å²) in [4.78, 5) is 17.0. The zero-order valence-corrected chi connectivity index (χ0v) is 20.8. The van der Waals surface area contributed by atoms with Crippen molar-refractivity contribution >= 4 is 50.5 Å². The van der Waals surface area contributed by atoms with E-state index in [0.717, 1.165) is 21.9 Å². The number of amides is 1. The summed E-state index contributed by atoms with van der Waals surface area (Å²) in [6, 6.07) is 23.6. The van der Waals surface area contributed by atoms with Gasteiger partial charge in [0, 0.05) is 18.1 Å².